The number of aliphatic hydroxyl groups excluding tert-OH is 2. The first-order valence-electron chi connectivity index (χ1n) is 9.69. The molecule has 8 heteroatoms. The molecule has 1 fully saturated rings. The van der Waals surface area contributed by atoms with Gasteiger partial charge in [-0.15, -0.1) is 0 Å². The molecule has 1 saturated heterocycles. The van der Waals surface area contributed by atoms with E-state index in [9.17, 15) is 15.3 Å². The minimum Gasteiger partial charge on any atom is -0.394 e. The highest BCUT2D eigenvalue weighted by Gasteiger charge is 2.53. The van der Waals surface area contributed by atoms with E-state index in [1.54, 1.807) is 4.57 Å². The van der Waals surface area contributed by atoms with E-state index in [0.29, 0.717) is 16.9 Å². The molecule has 1 aliphatic heterocycles. The van der Waals surface area contributed by atoms with Crippen molar-refractivity contribution in [3.8, 4) is 11.1 Å². The topological polar surface area (TPSA) is 127 Å². The van der Waals surface area contributed by atoms with Crippen LogP contribution < -0.4 is 5.73 Å². The quantitative estimate of drug-likeness (QED) is 0.409. The van der Waals surface area contributed by atoms with Crippen LogP contribution in [0, 0.1) is 0 Å². The van der Waals surface area contributed by atoms with Crippen molar-refractivity contribution in [3.63, 3.8) is 0 Å². The summed E-state index contributed by atoms with van der Waals surface area (Å²) in [7, 11) is 0. The van der Waals surface area contributed by atoms with Gasteiger partial charge in [0.15, 0.2) is 6.23 Å². The molecule has 4 atom stereocenters. The van der Waals surface area contributed by atoms with Crippen LogP contribution >= 0.6 is 0 Å². The number of benzene rings is 2. The van der Waals surface area contributed by atoms with Crippen molar-refractivity contribution in [2.45, 2.75) is 31.0 Å². The van der Waals surface area contributed by atoms with Crippen molar-refractivity contribution in [3.05, 3.63) is 55.0 Å². The zero-order valence-electron chi connectivity index (χ0n) is 16.3. The molecule has 30 heavy (non-hydrogen) atoms. The highest BCUT2D eigenvalue weighted by molar-refractivity contribution is 6.07. The number of aromatic nitrogens is 3. The normalized spacial score (nSPS) is 26.6. The van der Waals surface area contributed by atoms with Crippen LogP contribution in [-0.4, -0.2) is 54.3 Å². The van der Waals surface area contributed by atoms with Crippen molar-refractivity contribution in [1.82, 2.24) is 14.5 Å². The summed E-state index contributed by atoms with van der Waals surface area (Å²) >= 11 is 0. The zero-order chi connectivity index (χ0) is 21.0. The lowest BCUT2D eigenvalue weighted by Gasteiger charge is -2.27. The maximum Gasteiger partial charge on any atom is 0.167 e. The predicted octanol–water partition coefficient (Wildman–Crippen LogP) is 1.84. The van der Waals surface area contributed by atoms with Gasteiger partial charge in [0.2, 0.25) is 0 Å². The molecule has 2 aromatic carbocycles. The Morgan fingerprint density at radius 1 is 1.13 bits per heavy atom. The zero-order valence-corrected chi connectivity index (χ0v) is 16.3. The second-order valence-electron chi connectivity index (χ2n) is 7.81. The molecule has 0 bridgehead atoms. The van der Waals surface area contributed by atoms with Crippen molar-refractivity contribution in [2.24, 2.45) is 0 Å². The summed E-state index contributed by atoms with van der Waals surface area (Å²) in [6.45, 7) is 1.06. The van der Waals surface area contributed by atoms with Crippen molar-refractivity contribution in [2.75, 3.05) is 12.3 Å². The number of fused-ring (bicyclic) bond motifs is 2. The Kier molecular flexibility index (Phi) is 4.26. The number of rotatable bonds is 3. The SMILES string of the molecule is C[C@@]1(O)[C@H](O)[C@@H](CO)O[C@H]1n1cc(-c2cccc3ccccc23)c2c(N)ncnc21. The highest BCUT2D eigenvalue weighted by Crippen LogP contribution is 2.43. The Morgan fingerprint density at radius 2 is 1.90 bits per heavy atom. The van der Waals surface area contributed by atoms with Crippen molar-refractivity contribution < 1.29 is 20.1 Å². The molecule has 0 amide bonds. The standard InChI is InChI=1S/C22H22N4O4/c1-22(29)18(28)16(10-27)30-21(22)26-9-15(17-19(23)24-11-25-20(17)26)14-8-4-6-12-5-2-3-7-13(12)14/h2-9,11,16,18,21,27-29H,10H2,1H3,(H2,23,24,25)/t16-,18-,21-,22-/m1/s1. The van der Waals surface area contributed by atoms with E-state index in [1.807, 2.05) is 48.7 Å². The number of nitrogens with two attached hydrogens (primary N) is 1. The van der Waals surface area contributed by atoms with Crippen LogP contribution in [0.5, 0.6) is 0 Å². The van der Waals surface area contributed by atoms with Crippen LogP contribution in [-0.2, 0) is 4.74 Å². The predicted molar refractivity (Wildman–Crippen MR) is 113 cm³/mol. The summed E-state index contributed by atoms with van der Waals surface area (Å²) in [5.41, 5.74) is 6.80. The van der Waals surface area contributed by atoms with E-state index in [1.165, 1.54) is 13.3 Å². The Labute approximate surface area is 172 Å². The second kappa shape index (κ2) is 6.75. The summed E-state index contributed by atoms with van der Waals surface area (Å²) in [5, 5.41) is 33.7. The number of aliphatic hydroxyl groups is 3. The Bertz CT molecular complexity index is 1250. The minimum atomic E-state index is -1.64. The first-order valence-corrected chi connectivity index (χ1v) is 9.69. The third-order valence-electron chi connectivity index (χ3n) is 5.91. The summed E-state index contributed by atoms with van der Waals surface area (Å²) in [6.07, 6.45) is 0.0197. The average Bonchev–Trinajstić information content (AvgIpc) is 3.23. The van der Waals surface area contributed by atoms with Gasteiger partial charge < -0.3 is 30.4 Å². The molecule has 154 valence electrons. The van der Waals surface area contributed by atoms with Gasteiger partial charge >= 0.3 is 0 Å². The molecule has 0 unspecified atom stereocenters. The molecule has 1 aliphatic rings. The summed E-state index contributed by atoms with van der Waals surface area (Å²) in [4.78, 5) is 8.55. The van der Waals surface area contributed by atoms with Gasteiger partial charge in [0.25, 0.3) is 0 Å². The van der Waals surface area contributed by atoms with E-state index in [2.05, 4.69) is 9.97 Å². The van der Waals surface area contributed by atoms with Crippen LogP contribution in [0.1, 0.15) is 13.2 Å². The fraction of sp³-hybridized carbons (Fsp3) is 0.273. The molecule has 4 aromatic rings. The first-order chi connectivity index (χ1) is 14.4. The maximum absolute atomic E-state index is 11.0. The van der Waals surface area contributed by atoms with E-state index < -0.39 is 30.6 Å². The molecule has 0 radical (unpaired) electrons. The molecule has 5 N–H and O–H groups in total. The molecule has 8 nitrogen and oxygen atoms in total. The van der Waals surface area contributed by atoms with Gasteiger partial charge in [-0.05, 0) is 23.3 Å². The van der Waals surface area contributed by atoms with Gasteiger partial charge in [-0.1, -0.05) is 42.5 Å². The summed E-state index contributed by atoms with van der Waals surface area (Å²) in [5.74, 6) is 0.304. The number of hydrogen-bond donors (Lipinski definition) is 4. The molecular formula is C22H22N4O4. The third-order valence-corrected chi connectivity index (χ3v) is 5.91. The van der Waals surface area contributed by atoms with Crippen molar-refractivity contribution >= 4 is 27.6 Å². The van der Waals surface area contributed by atoms with Crippen molar-refractivity contribution in [1.29, 1.82) is 0 Å². The summed E-state index contributed by atoms with van der Waals surface area (Å²) in [6, 6.07) is 14.0. The fourth-order valence-corrected chi connectivity index (χ4v) is 4.34. The number of anilines is 1. The smallest absolute Gasteiger partial charge is 0.167 e. The number of hydrogen-bond acceptors (Lipinski definition) is 7. The minimum absolute atomic E-state index is 0.304. The van der Waals surface area contributed by atoms with Crippen LogP contribution in [0.4, 0.5) is 5.82 Å². The van der Waals surface area contributed by atoms with Crippen LogP contribution in [0.3, 0.4) is 0 Å². The van der Waals surface area contributed by atoms with Gasteiger partial charge in [-0.25, -0.2) is 9.97 Å². The molecule has 0 saturated carbocycles. The maximum atomic E-state index is 11.0. The van der Waals surface area contributed by atoms with Gasteiger partial charge in [0, 0.05) is 11.8 Å². The monoisotopic (exact) mass is 406 g/mol. The average molecular weight is 406 g/mol. The van der Waals surface area contributed by atoms with Gasteiger partial charge in [0.05, 0.1) is 12.0 Å². The van der Waals surface area contributed by atoms with Gasteiger partial charge in [0.1, 0.15) is 35.6 Å². The first kappa shape index (κ1) is 19.0. The molecule has 2 aromatic heterocycles. The molecular weight excluding hydrogens is 384 g/mol. The van der Waals surface area contributed by atoms with Crippen LogP contribution in [0.25, 0.3) is 32.9 Å². The van der Waals surface area contributed by atoms with E-state index in [-0.39, 0.29) is 0 Å². The van der Waals surface area contributed by atoms with Gasteiger partial charge in [-0.3, -0.25) is 0 Å². The highest BCUT2D eigenvalue weighted by atomic mass is 16.6. The number of nitrogens with zero attached hydrogens (tertiary/aromatic N) is 3. The Hall–Kier alpha value is -3.04. The van der Waals surface area contributed by atoms with E-state index in [4.69, 9.17) is 10.5 Å². The fourth-order valence-electron chi connectivity index (χ4n) is 4.34. The van der Waals surface area contributed by atoms with Crippen LogP contribution in [0.15, 0.2) is 55.0 Å². The second-order valence-corrected chi connectivity index (χ2v) is 7.81. The molecule has 3 heterocycles. The number of ether oxygens (including phenoxy) is 1. The van der Waals surface area contributed by atoms with E-state index >= 15 is 0 Å². The van der Waals surface area contributed by atoms with E-state index in [0.717, 1.165) is 21.9 Å². The molecule has 0 aliphatic carbocycles. The summed E-state index contributed by atoms with van der Waals surface area (Å²) < 4.78 is 7.48. The lowest BCUT2D eigenvalue weighted by Crippen LogP contribution is -2.44. The number of nitrogen functional groups attached to an aromatic ring is 1. The molecule has 5 rings (SSSR count). The third kappa shape index (κ3) is 2.62. The Morgan fingerprint density at radius 3 is 2.67 bits per heavy atom. The van der Waals surface area contributed by atoms with Crippen LogP contribution in [0.2, 0.25) is 0 Å². The lowest BCUT2D eigenvalue weighted by molar-refractivity contribution is -0.0948. The Balaban J connectivity index is 1.78. The largest absolute Gasteiger partial charge is 0.394 e. The molecule has 0 spiro atoms. The van der Waals surface area contributed by atoms with Gasteiger partial charge in [-0.2, -0.15) is 0 Å². The lowest BCUT2D eigenvalue weighted by atomic mass is 9.96.